The van der Waals surface area contributed by atoms with Crippen LogP contribution in [0.2, 0.25) is 0 Å². The second-order valence-corrected chi connectivity index (χ2v) is 8.24. The van der Waals surface area contributed by atoms with Crippen molar-refractivity contribution < 1.29 is 27.9 Å². The summed E-state index contributed by atoms with van der Waals surface area (Å²) in [6.07, 6.45) is 1.81. The summed E-state index contributed by atoms with van der Waals surface area (Å²) in [5.41, 5.74) is 1.46. The first-order valence-electron chi connectivity index (χ1n) is 8.63. The van der Waals surface area contributed by atoms with E-state index in [-0.39, 0.29) is 16.7 Å². The third-order valence-electron chi connectivity index (χ3n) is 4.16. The van der Waals surface area contributed by atoms with Gasteiger partial charge in [0.2, 0.25) is 5.91 Å². The lowest BCUT2D eigenvalue weighted by Gasteiger charge is -2.12. The molecule has 1 aliphatic rings. The Kier molecular flexibility index (Phi) is 5.55. The van der Waals surface area contributed by atoms with Crippen LogP contribution in [0.5, 0.6) is 5.75 Å². The Hall–Kier alpha value is -3.07. The van der Waals surface area contributed by atoms with Crippen molar-refractivity contribution in [3.63, 3.8) is 0 Å². The molecule has 1 amide bonds. The second-order valence-electron chi connectivity index (χ2n) is 6.56. The SMILES string of the molecule is Cc1cc(S(=O)(=O)Nc2ccc(NC(=O)C3CC3)cc2)ccc1OCC(=O)O. The number of carboxylic acids is 1. The number of carbonyl (C=O) groups is 2. The van der Waals surface area contributed by atoms with Gasteiger partial charge in [-0.25, -0.2) is 13.2 Å². The zero-order valence-electron chi connectivity index (χ0n) is 15.1. The fourth-order valence-electron chi connectivity index (χ4n) is 2.52. The van der Waals surface area contributed by atoms with Gasteiger partial charge in [0.25, 0.3) is 10.0 Å². The number of carbonyl (C=O) groups excluding carboxylic acids is 1. The van der Waals surface area contributed by atoms with Gasteiger partial charge in [0.1, 0.15) is 5.75 Å². The van der Waals surface area contributed by atoms with Gasteiger partial charge in [-0.05, 0) is 67.8 Å². The first-order valence-corrected chi connectivity index (χ1v) is 10.1. The van der Waals surface area contributed by atoms with E-state index in [9.17, 15) is 18.0 Å². The molecule has 0 atom stereocenters. The fourth-order valence-corrected chi connectivity index (χ4v) is 3.66. The Morgan fingerprint density at radius 1 is 1.11 bits per heavy atom. The normalized spacial score (nSPS) is 13.6. The molecule has 2 aromatic carbocycles. The maximum absolute atomic E-state index is 12.6. The van der Waals surface area contributed by atoms with E-state index in [0.29, 0.717) is 22.7 Å². The van der Waals surface area contributed by atoms with Crippen molar-refractivity contribution >= 4 is 33.3 Å². The number of nitrogens with one attached hydrogen (secondary N) is 2. The topological polar surface area (TPSA) is 122 Å². The third kappa shape index (κ3) is 5.01. The van der Waals surface area contributed by atoms with E-state index in [1.165, 1.54) is 18.2 Å². The van der Waals surface area contributed by atoms with Crippen molar-refractivity contribution in [1.29, 1.82) is 0 Å². The number of amides is 1. The molecule has 8 nitrogen and oxygen atoms in total. The van der Waals surface area contributed by atoms with Crippen LogP contribution >= 0.6 is 0 Å². The highest BCUT2D eigenvalue weighted by molar-refractivity contribution is 7.92. The first-order chi connectivity index (χ1) is 13.2. The lowest BCUT2D eigenvalue weighted by molar-refractivity contribution is -0.139. The summed E-state index contributed by atoms with van der Waals surface area (Å²) in [4.78, 5) is 22.4. The lowest BCUT2D eigenvalue weighted by Crippen LogP contribution is -2.15. The summed E-state index contributed by atoms with van der Waals surface area (Å²) >= 11 is 0. The molecule has 9 heteroatoms. The predicted octanol–water partition coefficient (Wildman–Crippen LogP) is 2.61. The molecule has 1 saturated carbocycles. The Morgan fingerprint density at radius 3 is 2.32 bits per heavy atom. The molecule has 1 aliphatic carbocycles. The molecule has 3 N–H and O–H groups in total. The van der Waals surface area contributed by atoms with Crippen molar-refractivity contribution in [2.24, 2.45) is 5.92 Å². The first kappa shape index (κ1) is 19.7. The zero-order valence-corrected chi connectivity index (χ0v) is 16.0. The number of aryl methyl sites for hydroxylation is 1. The van der Waals surface area contributed by atoms with Crippen LogP contribution in [0.15, 0.2) is 47.4 Å². The number of hydrogen-bond donors (Lipinski definition) is 3. The largest absolute Gasteiger partial charge is 0.482 e. The average Bonchev–Trinajstić information content (AvgIpc) is 3.47. The van der Waals surface area contributed by atoms with Crippen LogP contribution in [-0.4, -0.2) is 32.0 Å². The minimum atomic E-state index is -3.83. The summed E-state index contributed by atoms with van der Waals surface area (Å²) < 4.78 is 32.7. The number of anilines is 2. The van der Waals surface area contributed by atoms with Gasteiger partial charge >= 0.3 is 5.97 Å². The number of aliphatic carboxylic acids is 1. The molecule has 0 heterocycles. The van der Waals surface area contributed by atoms with E-state index in [2.05, 4.69) is 10.0 Å². The summed E-state index contributed by atoms with van der Waals surface area (Å²) in [6.45, 7) is 1.13. The smallest absolute Gasteiger partial charge is 0.341 e. The average molecular weight is 404 g/mol. The van der Waals surface area contributed by atoms with E-state index < -0.39 is 22.6 Å². The number of carboxylic acid groups (broad SMARTS) is 1. The number of ether oxygens (including phenoxy) is 1. The number of sulfonamides is 1. The van der Waals surface area contributed by atoms with Gasteiger partial charge in [-0.3, -0.25) is 9.52 Å². The molecule has 0 spiro atoms. The summed E-state index contributed by atoms with van der Waals surface area (Å²) in [7, 11) is -3.83. The third-order valence-corrected chi connectivity index (χ3v) is 5.54. The molecule has 2 aromatic rings. The van der Waals surface area contributed by atoms with Crippen LogP contribution in [-0.2, 0) is 19.6 Å². The molecular formula is C19H20N2O6S. The molecule has 148 valence electrons. The van der Waals surface area contributed by atoms with Crippen molar-refractivity contribution in [2.45, 2.75) is 24.7 Å². The molecule has 0 aliphatic heterocycles. The molecule has 1 fully saturated rings. The highest BCUT2D eigenvalue weighted by Gasteiger charge is 2.29. The number of rotatable bonds is 8. The minimum Gasteiger partial charge on any atom is -0.482 e. The van der Waals surface area contributed by atoms with Gasteiger partial charge in [-0.1, -0.05) is 0 Å². The van der Waals surface area contributed by atoms with Crippen molar-refractivity contribution in [1.82, 2.24) is 0 Å². The Labute approximate surface area is 162 Å². The molecular weight excluding hydrogens is 384 g/mol. The Balaban J connectivity index is 1.68. The molecule has 0 radical (unpaired) electrons. The van der Waals surface area contributed by atoms with E-state index in [1.807, 2.05) is 0 Å². The van der Waals surface area contributed by atoms with Gasteiger partial charge in [0.05, 0.1) is 4.90 Å². The van der Waals surface area contributed by atoms with Gasteiger partial charge in [0.15, 0.2) is 6.61 Å². The van der Waals surface area contributed by atoms with Crippen molar-refractivity contribution in [2.75, 3.05) is 16.6 Å². The molecule has 0 aromatic heterocycles. The lowest BCUT2D eigenvalue weighted by atomic mass is 10.2. The van der Waals surface area contributed by atoms with E-state index in [0.717, 1.165) is 12.8 Å². The minimum absolute atomic E-state index is 0.0194. The zero-order chi connectivity index (χ0) is 20.3. The highest BCUT2D eigenvalue weighted by atomic mass is 32.2. The van der Waals surface area contributed by atoms with E-state index >= 15 is 0 Å². The second kappa shape index (κ2) is 7.89. The summed E-state index contributed by atoms with van der Waals surface area (Å²) in [5.74, 6) is -0.746. The molecule has 0 bridgehead atoms. The van der Waals surface area contributed by atoms with Crippen LogP contribution in [0, 0.1) is 12.8 Å². The number of hydrogen-bond acceptors (Lipinski definition) is 5. The van der Waals surface area contributed by atoms with Crippen LogP contribution < -0.4 is 14.8 Å². The van der Waals surface area contributed by atoms with Gasteiger partial charge in [-0.2, -0.15) is 0 Å². The standard InChI is InChI=1S/C19H20N2O6S/c1-12-10-16(8-9-17(12)27-11-18(22)23)28(25,26)21-15-6-4-14(5-7-15)20-19(24)13-2-3-13/h4-10,13,21H,2-3,11H2,1H3,(H,20,24)(H,22,23). The fraction of sp³-hybridized carbons (Fsp3) is 0.263. The van der Waals surface area contributed by atoms with E-state index in [4.69, 9.17) is 9.84 Å². The maximum Gasteiger partial charge on any atom is 0.341 e. The summed E-state index contributed by atoms with van der Waals surface area (Å²) in [6, 6.07) is 10.6. The maximum atomic E-state index is 12.6. The molecule has 3 rings (SSSR count). The van der Waals surface area contributed by atoms with Crippen LogP contribution in [0.25, 0.3) is 0 Å². The Morgan fingerprint density at radius 2 is 1.75 bits per heavy atom. The van der Waals surface area contributed by atoms with Gasteiger partial charge in [0, 0.05) is 17.3 Å². The van der Waals surface area contributed by atoms with Crippen LogP contribution in [0.1, 0.15) is 18.4 Å². The monoisotopic (exact) mass is 404 g/mol. The van der Waals surface area contributed by atoms with Crippen LogP contribution in [0.4, 0.5) is 11.4 Å². The summed E-state index contributed by atoms with van der Waals surface area (Å²) in [5, 5.41) is 11.4. The van der Waals surface area contributed by atoms with Crippen molar-refractivity contribution in [3.05, 3.63) is 48.0 Å². The highest BCUT2D eigenvalue weighted by Crippen LogP contribution is 2.30. The quantitative estimate of drug-likeness (QED) is 0.622. The Bertz CT molecular complexity index is 998. The molecule has 28 heavy (non-hydrogen) atoms. The van der Waals surface area contributed by atoms with Crippen molar-refractivity contribution in [3.8, 4) is 5.75 Å². The van der Waals surface area contributed by atoms with Crippen LogP contribution in [0.3, 0.4) is 0 Å². The van der Waals surface area contributed by atoms with Gasteiger partial charge in [-0.15, -0.1) is 0 Å². The molecule has 0 unspecified atom stereocenters. The molecule has 0 saturated heterocycles. The van der Waals surface area contributed by atoms with Gasteiger partial charge < -0.3 is 15.2 Å². The predicted molar refractivity (Wildman–Crippen MR) is 103 cm³/mol. The number of benzene rings is 2. The van der Waals surface area contributed by atoms with E-state index in [1.54, 1.807) is 31.2 Å².